The molecular weight excluding hydrogens is 246 g/mol. The lowest BCUT2D eigenvalue weighted by Crippen LogP contribution is -2.35. The molecule has 1 N–H and O–H groups in total. The van der Waals surface area contributed by atoms with Crippen molar-refractivity contribution in [1.82, 2.24) is 5.32 Å². The van der Waals surface area contributed by atoms with Crippen molar-refractivity contribution >= 4 is 11.9 Å². The zero-order valence-electron chi connectivity index (χ0n) is 11.3. The Kier molecular flexibility index (Phi) is 7.58. The van der Waals surface area contributed by atoms with Crippen molar-refractivity contribution < 1.29 is 19.1 Å². The summed E-state index contributed by atoms with van der Waals surface area (Å²) in [6.07, 6.45) is 8.13. The highest BCUT2D eigenvalue weighted by atomic mass is 16.5. The molecule has 5 heteroatoms. The molecule has 5 nitrogen and oxygen atoms in total. The minimum atomic E-state index is -0.377. The van der Waals surface area contributed by atoms with E-state index in [0.717, 1.165) is 19.4 Å². The van der Waals surface area contributed by atoms with E-state index >= 15 is 0 Å². The van der Waals surface area contributed by atoms with Crippen LogP contribution in [0.25, 0.3) is 0 Å². The zero-order chi connectivity index (χ0) is 13.9. The van der Waals surface area contributed by atoms with Crippen molar-refractivity contribution in [1.29, 1.82) is 0 Å². The predicted molar refractivity (Wildman–Crippen MR) is 71.5 cm³/mol. The number of carbonyl (C=O) groups excluding carboxylic acids is 2. The minimum absolute atomic E-state index is 0.0303. The third-order valence-corrected chi connectivity index (χ3v) is 2.72. The van der Waals surface area contributed by atoms with Crippen LogP contribution < -0.4 is 5.32 Å². The SMILES string of the molecule is CCOC(=O)/C=C/C=C/COC(=O)[C@@H]1CCCNC1. The Bertz CT molecular complexity index is 343. The van der Waals surface area contributed by atoms with E-state index < -0.39 is 0 Å². The summed E-state index contributed by atoms with van der Waals surface area (Å²) in [6, 6.07) is 0. The van der Waals surface area contributed by atoms with Crippen LogP contribution in [-0.4, -0.2) is 38.2 Å². The van der Waals surface area contributed by atoms with Gasteiger partial charge in [-0.2, -0.15) is 0 Å². The number of hydrogen-bond donors (Lipinski definition) is 1. The molecule has 0 spiro atoms. The number of hydrogen-bond acceptors (Lipinski definition) is 5. The summed E-state index contributed by atoms with van der Waals surface area (Å²) >= 11 is 0. The average molecular weight is 267 g/mol. The van der Waals surface area contributed by atoms with Gasteiger partial charge in [-0.1, -0.05) is 12.2 Å². The monoisotopic (exact) mass is 267 g/mol. The standard InChI is InChI=1S/C14H21NO4/c1-2-18-13(16)8-4-3-5-10-19-14(17)12-7-6-9-15-11-12/h3-5,8,12,15H,2,6-7,9-11H2,1H3/b5-3+,8-4+/t12-/m1/s1. The maximum atomic E-state index is 11.6. The third-order valence-electron chi connectivity index (χ3n) is 2.72. The predicted octanol–water partition coefficient (Wildman–Crippen LogP) is 1.20. The molecule has 1 fully saturated rings. The molecule has 0 aromatic carbocycles. The van der Waals surface area contributed by atoms with Gasteiger partial charge in [0.15, 0.2) is 0 Å². The summed E-state index contributed by atoms with van der Waals surface area (Å²) < 4.78 is 9.83. The van der Waals surface area contributed by atoms with E-state index in [1.54, 1.807) is 25.2 Å². The second kappa shape index (κ2) is 9.33. The Balaban J connectivity index is 2.15. The first-order valence-electron chi connectivity index (χ1n) is 6.61. The van der Waals surface area contributed by atoms with Crippen molar-refractivity contribution in [3.8, 4) is 0 Å². The maximum Gasteiger partial charge on any atom is 0.330 e. The smallest absolute Gasteiger partial charge is 0.330 e. The summed E-state index contributed by atoms with van der Waals surface area (Å²) in [7, 11) is 0. The van der Waals surface area contributed by atoms with E-state index in [0.29, 0.717) is 13.2 Å². The molecule has 0 unspecified atom stereocenters. The Hall–Kier alpha value is -1.62. The summed E-state index contributed by atoms with van der Waals surface area (Å²) in [4.78, 5) is 22.6. The van der Waals surface area contributed by atoms with Crippen molar-refractivity contribution in [3.63, 3.8) is 0 Å². The van der Waals surface area contributed by atoms with Gasteiger partial charge in [0.25, 0.3) is 0 Å². The summed E-state index contributed by atoms with van der Waals surface area (Å²) in [6.45, 7) is 4.01. The van der Waals surface area contributed by atoms with E-state index in [2.05, 4.69) is 5.32 Å². The van der Waals surface area contributed by atoms with Crippen molar-refractivity contribution in [2.24, 2.45) is 5.92 Å². The Morgan fingerprint density at radius 3 is 2.84 bits per heavy atom. The van der Waals surface area contributed by atoms with Gasteiger partial charge in [0.05, 0.1) is 12.5 Å². The lowest BCUT2D eigenvalue weighted by atomic mass is 10.0. The van der Waals surface area contributed by atoms with Crippen LogP contribution >= 0.6 is 0 Å². The van der Waals surface area contributed by atoms with Gasteiger partial charge in [-0.15, -0.1) is 0 Å². The maximum absolute atomic E-state index is 11.6. The molecular formula is C14H21NO4. The molecule has 0 saturated carbocycles. The highest BCUT2D eigenvalue weighted by Crippen LogP contribution is 2.11. The van der Waals surface area contributed by atoms with Gasteiger partial charge in [-0.05, 0) is 32.4 Å². The van der Waals surface area contributed by atoms with E-state index in [1.165, 1.54) is 6.08 Å². The molecule has 1 saturated heterocycles. The average Bonchev–Trinajstić information content (AvgIpc) is 2.43. The van der Waals surface area contributed by atoms with Gasteiger partial charge < -0.3 is 14.8 Å². The second-order valence-electron chi connectivity index (χ2n) is 4.21. The van der Waals surface area contributed by atoms with Crippen LogP contribution in [0.3, 0.4) is 0 Å². The Morgan fingerprint density at radius 2 is 2.16 bits per heavy atom. The number of esters is 2. The summed E-state index contributed by atoms with van der Waals surface area (Å²) in [5.74, 6) is -0.569. The van der Waals surface area contributed by atoms with Crippen LogP contribution in [0.5, 0.6) is 0 Å². The lowest BCUT2D eigenvalue weighted by molar-refractivity contribution is -0.147. The Morgan fingerprint density at radius 1 is 1.32 bits per heavy atom. The van der Waals surface area contributed by atoms with Gasteiger partial charge in [0.2, 0.25) is 0 Å². The number of piperidine rings is 1. The normalized spacial score (nSPS) is 19.7. The topological polar surface area (TPSA) is 64.6 Å². The summed E-state index contributed by atoms with van der Waals surface area (Å²) in [5, 5.41) is 3.17. The van der Waals surface area contributed by atoms with Gasteiger partial charge in [0.1, 0.15) is 6.61 Å². The highest BCUT2D eigenvalue weighted by molar-refractivity contribution is 5.82. The number of carbonyl (C=O) groups is 2. The van der Waals surface area contributed by atoms with E-state index in [1.807, 2.05) is 0 Å². The molecule has 0 amide bonds. The fraction of sp³-hybridized carbons (Fsp3) is 0.571. The van der Waals surface area contributed by atoms with Gasteiger partial charge in [-0.3, -0.25) is 4.79 Å². The fourth-order valence-corrected chi connectivity index (χ4v) is 1.76. The number of ether oxygens (including phenoxy) is 2. The molecule has 0 aliphatic carbocycles. The van der Waals surface area contributed by atoms with Crippen molar-refractivity contribution in [2.45, 2.75) is 19.8 Å². The van der Waals surface area contributed by atoms with E-state index in [-0.39, 0.29) is 24.5 Å². The zero-order valence-corrected chi connectivity index (χ0v) is 11.3. The number of rotatable bonds is 6. The van der Waals surface area contributed by atoms with Gasteiger partial charge in [-0.25, -0.2) is 4.79 Å². The van der Waals surface area contributed by atoms with Crippen LogP contribution in [0.4, 0.5) is 0 Å². The lowest BCUT2D eigenvalue weighted by Gasteiger charge is -2.20. The molecule has 1 atom stereocenters. The molecule has 0 aromatic rings. The third kappa shape index (κ3) is 6.76. The number of nitrogens with one attached hydrogen (secondary N) is 1. The highest BCUT2D eigenvalue weighted by Gasteiger charge is 2.21. The first kappa shape index (κ1) is 15.4. The molecule has 19 heavy (non-hydrogen) atoms. The Labute approximate surface area is 113 Å². The molecule has 0 aromatic heterocycles. The molecule has 106 valence electrons. The molecule has 1 heterocycles. The second-order valence-corrected chi connectivity index (χ2v) is 4.21. The molecule has 0 bridgehead atoms. The number of allylic oxidation sites excluding steroid dienone is 2. The largest absolute Gasteiger partial charge is 0.463 e. The quantitative estimate of drug-likeness (QED) is 0.445. The van der Waals surface area contributed by atoms with Crippen molar-refractivity contribution in [2.75, 3.05) is 26.3 Å². The van der Waals surface area contributed by atoms with E-state index in [4.69, 9.17) is 9.47 Å². The molecule has 1 rings (SSSR count). The van der Waals surface area contributed by atoms with Gasteiger partial charge in [0, 0.05) is 12.6 Å². The van der Waals surface area contributed by atoms with Crippen LogP contribution in [0, 0.1) is 5.92 Å². The fourth-order valence-electron chi connectivity index (χ4n) is 1.76. The van der Waals surface area contributed by atoms with Crippen LogP contribution in [0.2, 0.25) is 0 Å². The molecule has 1 aliphatic rings. The first-order valence-corrected chi connectivity index (χ1v) is 6.61. The van der Waals surface area contributed by atoms with Gasteiger partial charge >= 0.3 is 11.9 Å². The molecule has 0 radical (unpaired) electrons. The van der Waals surface area contributed by atoms with Crippen LogP contribution in [0.15, 0.2) is 24.3 Å². The van der Waals surface area contributed by atoms with Crippen molar-refractivity contribution in [3.05, 3.63) is 24.3 Å². The minimum Gasteiger partial charge on any atom is -0.463 e. The molecule has 1 aliphatic heterocycles. The first-order chi connectivity index (χ1) is 9.24. The van der Waals surface area contributed by atoms with Crippen LogP contribution in [-0.2, 0) is 19.1 Å². The van der Waals surface area contributed by atoms with Crippen LogP contribution in [0.1, 0.15) is 19.8 Å². The summed E-state index contributed by atoms with van der Waals surface area (Å²) in [5.41, 5.74) is 0. The van der Waals surface area contributed by atoms with E-state index in [9.17, 15) is 9.59 Å².